The Hall–Kier alpha value is -0.160. The SMILES string of the molecule is CCCCCCCCCC[N+](CCCCCCCCCC)(CCCCCCCCCC)C(CCCCCCCCC)CC(O)(O)O. The lowest BCUT2D eigenvalue weighted by Crippen LogP contribution is -2.59. The molecule has 1 atom stereocenters. The van der Waals surface area contributed by atoms with E-state index in [2.05, 4.69) is 27.7 Å². The summed E-state index contributed by atoms with van der Waals surface area (Å²) in [4.78, 5) is 0. The van der Waals surface area contributed by atoms with E-state index in [-0.39, 0.29) is 12.5 Å². The molecule has 0 saturated heterocycles. The van der Waals surface area contributed by atoms with E-state index in [0.29, 0.717) is 0 Å². The second-order valence-electron chi connectivity index (χ2n) is 15.4. The monoisotopic (exact) mass is 655 g/mol. The molecule has 0 aromatic heterocycles. The number of hydrogen-bond acceptors (Lipinski definition) is 3. The number of rotatable bonds is 38. The Balaban J connectivity index is 5.61. The molecule has 3 N–H and O–H groups in total. The van der Waals surface area contributed by atoms with Gasteiger partial charge in [-0.1, -0.05) is 182 Å². The second kappa shape index (κ2) is 33.3. The van der Waals surface area contributed by atoms with Crippen LogP contribution in [-0.2, 0) is 0 Å². The molecular weight excluding hydrogens is 566 g/mol. The Morgan fingerprint density at radius 2 is 0.587 bits per heavy atom. The Labute approximate surface area is 290 Å². The molecule has 0 rings (SSSR count). The largest absolute Gasteiger partial charge is 0.343 e. The van der Waals surface area contributed by atoms with E-state index in [0.717, 1.165) is 37.0 Å². The van der Waals surface area contributed by atoms with Gasteiger partial charge in [0.15, 0.2) is 0 Å². The highest BCUT2D eigenvalue weighted by molar-refractivity contribution is 4.69. The average Bonchev–Trinajstić information content (AvgIpc) is 3.03. The van der Waals surface area contributed by atoms with Crippen LogP contribution in [0.1, 0.15) is 240 Å². The van der Waals surface area contributed by atoms with Gasteiger partial charge in [-0.05, 0) is 51.4 Å². The fraction of sp³-hybridized carbons (Fsp3) is 1.00. The Bertz CT molecular complexity index is 540. The van der Waals surface area contributed by atoms with Crippen molar-refractivity contribution in [3.05, 3.63) is 0 Å². The summed E-state index contributed by atoms with van der Waals surface area (Å²) < 4.78 is 1.00. The molecule has 4 nitrogen and oxygen atoms in total. The molecule has 0 aliphatic carbocycles. The number of hydrogen-bond donors (Lipinski definition) is 3. The molecule has 0 aliphatic rings. The van der Waals surface area contributed by atoms with Crippen LogP contribution in [0, 0.1) is 0 Å². The topological polar surface area (TPSA) is 60.7 Å². The van der Waals surface area contributed by atoms with Crippen molar-refractivity contribution in [1.29, 1.82) is 0 Å². The predicted octanol–water partition coefficient (Wildman–Crippen LogP) is 12.8. The van der Waals surface area contributed by atoms with E-state index >= 15 is 0 Å². The van der Waals surface area contributed by atoms with Gasteiger partial charge in [0.1, 0.15) is 0 Å². The molecule has 278 valence electrons. The molecule has 0 fully saturated rings. The van der Waals surface area contributed by atoms with Crippen LogP contribution in [0.15, 0.2) is 0 Å². The predicted molar refractivity (Wildman–Crippen MR) is 203 cm³/mol. The van der Waals surface area contributed by atoms with Crippen LogP contribution in [0.3, 0.4) is 0 Å². The first kappa shape index (κ1) is 45.8. The zero-order valence-electron chi connectivity index (χ0n) is 32.3. The summed E-state index contributed by atoms with van der Waals surface area (Å²) in [6.07, 6.45) is 41.8. The third kappa shape index (κ3) is 28.8. The van der Waals surface area contributed by atoms with E-state index in [1.165, 1.54) is 193 Å². The molecule has 46 heavy (non-hydrogen) atoms. The van der Waals surface area contributed by atoms with Gasteiger partial charge in [0.05, 0.1) is 32.1 Å². The normalized spacial score (nSPS) is 13.1. The molecule has 0 amide bonds. The number of nitrogens with zero attached hydrogens (tertiary/aromatic N) is 1. The maximum atomic E-state index is 10.4. The average molecular weight is 655 g/mol. The van der Waals surface area contributed by atoms with Crippen molar-refractivity contribution in [3.8, 4) is 0 Å². The molecule has 0 aromatic carbocycles. The minimum atomic E-state index is -2.58. The summed E-state index contributed by atoms with van der Waals surface area (Å²) in [6.45, 7) is 12.6. The number of aliphatic hydroxyl groups is 3. The van der Waals surface area contributed by atoms with Crippen molar-refractivity contribution < 1.29 is 19.8 Å². The molecule has 0 aromatic rings. The van der Waals surface area contributed by atoms with Crippen LogP contribution < -0.4 is 0 Å². The van der Waals surface area contributed by atoms with Gasteiger partial charge < -0.3 is 19.8 Å². The second-order valence-corrected chi connectivity index (χ2v) is 15.4. The Morgan fingerprint density at radius 1 is 0.348 bits per heavy atom. The van der Waals surface area contributed by atoms with E-state index < -0.39 is 5.97 Å². The molecule has 0 saturated carbocycles. The van der Waals surface area contributed by atoms with Gasteiger partial charge in [-0.3, -0.25) is 0 Å². The molecule has 0 bridgehead atoms. The van der Waals surface area contributed by atoms with E-state index in [1.54, 1.807) is 0 Å². The first-order valence-electron chi connectivity index (χ1n) is 21.4. The molecule has 0 aliphatic heterocycles. The highest BCUT2D eigenvalue weighted by Gasteiger charge is 2.40. The number of unbranched alkanes of at least 4 members (excludes halogenated alkanes) is 27. The third-order valence-electron chi connectivity index (χ3n) is 10.8. The number of quaternary nitrogens is 1. The summed E-state index contributed by atoms with van der Waals surface area (Å²) in [5, 5.41) is 31.2. The molecule has 4 heteroatoms. The van der Waals surface area contributed by atoms with Gasteiger partial charge in [-0.15, -0.1) is 0 Å². The molecule has 0 spiro atoms. The quantitative estimate of drug-likeness (QED) is 0.0353. The van der Waals surface area contributed by atoms with Crippen molar-refractivity contribution in [1.82, 2.24) is 0 Å². The van der Waals surface area contributed by atoms with Crippen LogP contribution in [0.5, 0.6) is 0 Å². The van der Waals surface area contributed by atoms with Crippen LogP contribution in [-0.4, -0.2) is 51.5 Å². The van der Waals surface area contributed by atoms with Gasteiger partial charge in [0.25, 0.3) is 5.97 Å². The lowest BCUT2D eigenvalue weighted by molar-refractivity contribution is -0.954. The van der Waals surface area contributed by atoms with Crippen molar-refractivity contribution in [2.24, 2.45) is 0 Å². The van der Waals surface area contributed by atoms with Crippen LogP contribution in [0.2, 0.25) is 0 Å². The highest BCUT2D eigenvalue weighted by Crippen LogP contribution is 2.30. The van der Waals surface area contributed by atoms with Crippen LogP contribution in [0.25, 0.3) is 0 Å². The summed E-state index contributed by atoms with van der Waals surface area (Å²) in [7, 11) is 0. The minimum absolute atomic E-state index is 0.0912. The van der Waals surface area contributed by atoms with E-state index in [9.17, 15) is 15.3 Å². The van der Waals surface area contributed by atoms with Gasteiger partial charge in [-0.25, -0.2) is 0 Å². The summed E-state index contributed by atoms with van der Waals surface area (Å²) in [5.41, 5.74) is 0. The minimum Gasteiger partial charge on any atom is -0.343 e. The maximum absolute atomic E-state index is 10.4. The van der Waals surface area contributed by atoms with Gasteiger partial charge in [0, 0.05) is 0 Å². The lowest BCUT2D eigenvalue weighted by atomic mass is 9.95. The first-order chi connectivity index (χ1) is 22.3. The van der Waals surface area contributed by atoms with Crippen LogP contribution in [0.4, 0.5) is 0 Å². The molecule has 0 radical (unpaired) electrons. The van der Waals surface area contributed by atoms with Crippen LogP contribution >= 0.6 is 0 Å². The molecule has 0 heterocycles. The molecular formula is C42H88NO3+. The molecule has 1 unspecified atom stereocenters. The fourth-order valence-corrected chi connectivity index (χ4v) is 7.79. The van der Waals surface area contributed by atoms with Crippen molar-refractivity contribution in [2.45, 2.75) is 252 Å². The zero-order valence-corrected chi connectivity index (χ0v) is 32.3. The van der Waals surface area contributed by atoms with Crippen molar-refractivity contribution >= 4 is 0 Å². The van der Waals surface area contributed by atoms with Gasteiger partial charge in [0.2, 0.25) is 0 Å². The summed E-state index contributed by atoms with van der Waals surface area (Å²) in [6, 6.07) is 0.120. The fourth-order valence-electron chi connectivity index (χ4n) is 7.79. The Kier molecular flexibility index (Phi) is 33.2. The van der Waals surface area contributed by atoms with Crippen molar-refractivity contribution in [2.75, 3.05) is 19.6 Å². The van der Waals surface area contributed by atoms with E-state index in [1.807, 2.05) is 0 Å². The Morgan fingerprint density at radius 3 is 0.848 bits per heavy atom. The van der Waals surface area contributed by atoms with Crippen molar-refractivity contribution in [3.63, 3.8) is 0 Å². The van der Waals surface area contributed by atoms with Gasteiger partial charge >= 0.3 is 0 Å². The smallest absolute Gasteiger partial charge is 0.281 e. The standard InChI is InChI=1S/C42H88NO3/c1-5-9-13-17-21-25-29-33-37-43(38-34-30-26-22-18-14-10-6-2,39-35-31-27-23-19-15-11-7-3)41(40-42(44,45)46)36-32-28-24-20-16-12-8-4/h41,44-46H,5-40H2,1-4H3/q+1. The zero-order chi connectivity index (χ0) is 34.0. The highest BCUT2D eigenvalue weighted by atomic mass is 16.7. The lowest BCUT2D eigenvalue weighted by Gasteiger charge is -2.47. The third-order valence-corrected chi connectivity index (χ3v) is 10.8. The maximum Gasteiger partial charge on any atom is 0.281 e. The van der Waals surface area contributed by atoms with Gasteiger partial charge in [-0.2, -0.15) is 0 Å². The first-order valence-corrected chi connectivity index (χ1v) is 21.4. The summed E-state index contributed by atoms with van der Waals surface area (Å²) >= 11 is 0. The summed E-state index contributed by atoms with van der Waals surface area (Å²) in [5.74, 6) is -2.58. The van der Waals surface area contributed by atoms with E-state index in [4.69, 9.17) is 0 Å².